The average molecular weight is 338 g/mol. The van der Waals surface area contributed by atoms with Crippen LogP contribution in [0.5, 0.6) is 0 Å². The second kappa shape index (κ2) is 8.29. The van der Waals surface area contributed by atoms with E-state index in [2.05, 4.69) is 21.7 Å². The maximum Gasteiger partial charge on any atom is 0.317 e. The van der Waals surface area contributed by atoms with Crippen LogP contribution in [0.3, 0.4) is 0 Å². The van der Waals surface area contributed by atoms with Crippen molar-refractivity contribution in [2.24, 2.45) is 5.92 Å². The molecule has 0 saturated carbocycles. The highest BCUT2D eigenvalue weighted by molar-refractivity contribution is 5.74. The van der Waals surface area contributed by atoms with Crippen LogP contribution in [0.2, 0.25) is 0 Å². The van der Waals surface area contributed by atoms with Gasteiger partial charge in [0.25, 0.3) is 0 Å². The average Bonchev–Trinajstić information content (AvgIpc) is 3.15. The minimum absolute atomic E-state index is 0.0141. The fourth-order valence-corrected chi connectivity index (χ4v) is 3.22. The summed E-state index contributed by atoms with van der Waals surface area (Å²) < 4.78 is 1.83. The van der Waals surface area contributed by atoms with E-state index in [4.69, 9.17) is 5.26 Å². The molecule has 1 aliphatic rings. The highest BCUT2D eigenvalue weighted by atomic mass is 16.2. The summed E-state index contributed by atoms with van der Waals surface area (Å²) in [5.74, 6) is 0.411. The maximum atomic E-state index is 12.4. The zero-order valence-electron chi connectivity index (χ0n) is 14.1. The van der Waals surface area contributed by atoms with Gasteiger partial charge in [0, 0.05) is 32.4 Å². The van der Waals surface area contributed by atoms with Gasteiger partial charge < -0.3 is 10.2 Å². The van der Waals surface area contributed by atoms with Crippen LogP contribution in [-0.2, 0) is 13.0 Å². The standard InChI is InChI=1S/C18H22N6O/c19-12-16-4-1-3-15(11-16)6-7-20-18(25)23-9-2-5-17(13-23)14-24-10-8-21-22-24/h1,3-4,8,10-11,17H,2,5-7,9,13-14H2,(H,20,25)/t17-/m1/s1. The molecule has 1 aromatic carbocycles. The number of carbonyl (C=O) groups excluding carboxylic acids is 1. The Morgan fingerprint density at radius 1 is 1.44 bits per heavy atom. The predicted octanol–water partition coefficient (Wildman–Crippen LogP) is 1.81. The van der Waals surface area contributed by atoms with E-state index < -0.39 is 0 Å². The molecule has 3 rings (SSSR count). The number of nitrogens with one attached hydrogen (secondary N) is 1. The van der Waals surface area contributed by atoms with Gasteiger partial charge in [0.15, 0.2) is 0 Å². The summed E-state index contributed by atoms with van der Waals surface area (Å²) in [6, 6.07) is 9.61. The first-order valence-electron chi connectivity index (χ1n) is 8.60. The van der Waals surface area contributed by atoms with E-state index >= 15 is 0 Å². The molecule has 0 aliphatic carbocycles. The van der Waals surface area contributed by atoms with E-state index in [1.54, 1.807) is 12.3 Å². The Morgan fingerprint density at radius 3 is 3.16 bits per heavy atom. The third-order valence-corrected chi connectivity index (χ3v) is 4.47. The van der Waals surface area contributed by atoms with Gasteiger partial charge in [-0.15, -0.1) is 5.10 Å². The van der Waals surface area contributed by atoms with Crippen LogP contribution in [0.4, 0.5) is 4.79 Å². The lowest BCUT2D eigenvalue weighted by Crippen LogP contribution is -2.46. The lowest BCUT2D eigenvalue weighted by Gasteiger charge is -2.32. The van der Waals surface area contributed by atoms with Crippen molar-refractivity contribution < 1.29 is 4.79 Å². The second-order valence-corrected chi connectivity index (χ2v) is 6.37. The van der Waals surface area contributed by atoms with Crippen LogP contribution in [0.1, 0.15) is 24.0 Å². The van der Waals surface area contributed by atoms with Gasteiger partial charge >= 0.3 is 6.03 Å². The molecule has 0 unspecified atom stereocenters. The van der Waals surface area contributed by atoms with Crippen molar-refractivity contribution in [1.29, 1.82) is 5.26 Å². The van der Waals surface area contributed by atoms with E-state index in [0.29, 0.717) is 18.0 Å². The summed E-state index contributed by atoms with van der Waals surface area (Å²) in [7, 11) is 0. The van der Waals surface area contributed by atoms with Gasteiger partial charge in [0.2, 0.25) is 0 Å². The fourth-order valence-electron chi connectivity index (χ4n) is 3.22. The van der Waals surface area contributed by atoms with Gasteiger partial charge in [-0.3, -0.25) is 4.68 Å². The molecule has 0 radical (unpaired) electrons. The largest absolute Gasteiger partial charge is 0.338 e. The van der Waals surface area contributed by atoms with Crippen molar-refractivity contribution >= 4 is 6.03 Å². The SMILES string of the molecule is N#Cc1cccc(CCNC(=O)N2CCC[C@@H](Cn3ccnn3)C2)c1. The molecule has 0 bridgehead atoms. The van der Waals surface area contributed by atoms with Crippen molar-refractivity contribution in [3.63, 3.8) is 0 Å². The van der Waals surface area contributed by atoms with Crippen molar-refractivity contribution in [3.05, 3.63) is 47.8 Å². The highest BCUT2D eigenvalue weighted by Gasteiger charge is 2.23. The Labute approximate surface area is 147 Å². The number of hydrogen-bond donors (Lipinski definition) is 1. The number of likely N-dealkylation sites (tertiary alicyclic amines) is 1. The molecule has 1 saturated heterocycles. The molecule has 1 aliphatic heterocycles. The lowest BCUT2D eigenvalue weighted by atomic mass is 9.98. The highest BCUT2D eigenvalue weighted by Crippen LogP contribution is 2.18. The normalized spacial score (nSPS) is 17.1. The number of hydrogen-bond acceptors (Lipinski definition) is 4. The quantitative estimate of drug-likeness (QED) is 0.901. The van der Waals surface area contributed by atoms with Gasteiger partial charge in [-0.25, -0.2) is 4.79 Å². The van der Waals surface area contributed by atoms with Crippen LogP contribution < -0.4 is 5.32 Å². The molecular formula is C18H22N6O. The molecule has 1 atom stereocenters. The van der Waals surface area contributed by atoms with E-state index in [0.717, 1.165) is 44.5 Å². The summed E-state index contributed by atoms with van der Waals surface area (Å²) in [5, 5.41) is 19.7. The molecule has 7 heteroatoms. The molecule has 1 N–H and O–H groups in total. The van der Waals surface area contributed by atoms with E-state index in [1.165, 1.54) is 0 Å². The van der Waals surface area contributed by atoms with Gasteiger partial charge in [-0.1, -0.05) is 17.3 Å². The third-order valence-electron chi connectivity index (χ3n) is 4.47. The number of nitriles is 1. The summed E-state index contributed by atoms with van der Waals surface area (Å²) in [6.07, 6.45) is 6.36. The second-order valence-electron chi connectivity index (χ2n) is 6.37. The smallest absolute Gasteiger partial charge is 0.317 e. The molecule has 0 spiro atoms. The molecule has 130 valence electrons. The monoisotopic (exact) mass is 338 g/mol. The zero-order chi connectivity index (χ0) is 17.5. The van der Waals surface area contributed by atoms with Crippen molar-refractivity contribution in [2.75, 3.05) is 19.6 Å². The number of piperidine rings is 1. The molecule has 25 heavy (non-hydrogen) atoms. The number of nitrogens with zero attached hydrogens (tertiary/aromatic N) is 5. The van der Waals surface area contributed by atoms with Gasteiger partial charge in [0.1, 0.15) is 0 Å². The third kappa shape index (κ3) is 4.80. The number of carbonyl (C=O) groups is 1. The Morgan fingerprint density at radius 2 is 2.36 bits per heavy atom. The molecular weight excluding hydrogens is 316 g/mol. The fraction of sp³-hybridized carbons (Fsp3) is 0.444. The van der Waals surface area contributed by atoms with E-state index in [9.17, 15) is 4.79 Å². The maximum absolute atomic E-state index is 12.4. The Balaban J connectivity index is 1.45. The molecule has 1 aromatic heterocycles. The zero-order valence-corrected chi connectivity index (χ0v) is 14.1. The number of amides is 2. The molecule has 1 fully saturated rings. The van der Waals surface area contributed by atoms with Crippen molar-refractivity contribution in [1.82, 2.24) is 25.2 Å². The number of aromatic nitrogens is 3. The van der Waals surface area contributed by atoms with E-state index in [1.807, 2.05) is 34.0 Å². The lowest BCUT2D eigenvalue weighted by molar-refractivity contribution is 0.157. The summed E-state index contributed by atoms with van der Waals surface area (Å²) >= 11 is 0. The van der Waals surface area contributed by atoms with Crippen LogP contribution in [-0.4, -0.2) is 45.6 Å². The minimum Gasteiger partial charge on any atom is -0.338 e. The minimum atomic E-state index is -0.0141. The Bertz CT molecular complexity index is 736. The van der Waals surface area contributed by atoms with Crippen molar-refractivity contribution in [2.45, 2.75) is 25.8 Å². The van der Waals surface area contributed by atoms with Crippen LogP contribution in [0.25, 0.3) is 0 Å². The van der Waals surface area contributed by atoms with Gasteiger partial charge in [-0.2, -0.15) is 5.26 Å². The number of urea groups is 1. The number of rotatable bonds is 5. The molecule has 7 nitrogen and oxygen atoms in total. The summed E-state index contributed by atoms with van der Waals surface area (Å²) in [6.45, 7) is 2.90. The topological polar surface area (TPSA) is 86.8 Å². The Kier molecular flexibility index (Phi) is 5.62. The first-order chi connectivity index (χ1) is 12.2. The number of benzene rings is 1. The van der Waals surface area contributed by atoms with Crippen LogP contribution >= 0.6 is 0 Å². The Hall–Kier alpha value is -2.88. The van der Waals surface area contributed by atoms with Crippen LogP contribution in [0.15, 0.2) is 36.7 Å². The molecule has 2 heterocycles. The molecule has 2 aromatic rings. The predicted molar refractivity (Wildman–Crippen MR) is 92.6 cm³/mol. The van der Waals surface area contributed by atoms with Crippen LogP contribution in [0, 0.1) is 17.2 Å². The van der Waals surface area contributed by atoms with Gasteiger partial charge in [-0.05, 0) is 42.9 Å². The summed E-state index contributed by atoms with van der Waals surface area (Å²) in [5.41, 5.74) is 1.71. The van der Waals surface area contributed by atoms with Gasteiger partial charge in [0.05, 0.1) is 17.8 Å². The summed E-state index contributed by atoms with van der Waals surface area (Å²) in [4.78, 5) is 14.3. The van der Waals surface area contributed by atoms with Crippen molar-refractivity contribution in [3.8, 4) is 6.07 Å². The molecule has 2 amide bonds. The first-order valence-corrected chi connectivity index (χ1v) is 8.60. The first kappa shape index (κ1) is 17.0. The van der Waals surface area contributed by atoms with E-state index in [-0.39, 0.29) is 6.03 Å².